The largest absolute Gasteiger partial charge is 0.358 e. The number of hydrogen-bond donors (Lipinski definition) is 1. The number of nitrogens with one attached hydrogen (secondary N) is 1. The van der Waals surface area contributed by atoms with Crippen molar-refractivity contribution in [2.45, 2.75) is 39.3 Å². The Morgan fingerprint density at radius 3 is 2.46 bits per heavy atom. The quantitative estimate of drug-likeness (QED) is 0.912. The van der Waals surface area contributed by atoms with Gasteiger partial charge in [-0.05, 0) is 64.4 Å². The summed E-state index contributed by atoms with van der Waals surface area (Å²) in [4.78, 5) is 11.4. The van der Waals surface area contributed by atoms with Crippen LogP contribution in [0.1, 0.15) is 31.0 Å². The van der Waals surface area contributed by atoms with Gasteiger partial charge in [0.15, 0.2) is 0 Å². The molecule has 142 valence electrons. The first-order valence-electron chi connectivity index (χ1n) is 10.3. The van der Waals surface area contributed by atoms with E-state index in [-0.39, 0.29) is 0 Å². The summed E-state index contributed by atoms with van der Waals surface area (Å²) in [5.74, 6) is 0.860. The van der Waals surface area contributed by atoms with Crippen molar-refractivity contribution in [3.8, 4) is 0 Å². The van der Waals surface area contributed by atoms with Gasteiger partial charge < -0.3 is 9.88 Å². The van der Waals surface area contributed by atoms with Crippen molar-refractivity contribution >= 4 is 10.9 Å². The highest BCUT2D eigenvalue weighted by atomic mass is 15.3. The fourth-order valence-corrected chi connectivity index (χ4v) is 4.88. The van der Waals surface area contributed by atoms with E-state index in [0.29, 0.717) is 0 Å². The molecular weight excluding hydrogens is 320 g/mol. The lowest BCUT2D eigenvalue weighted by molar-refractivity contribution is 0.0599. The van der Waals surface area contributed by atoms with Crippen LogP contribution in [0.15, 0.2) is 24.3 Å². The van der Waals surface area contributed by atoms with Crippen LogP contribution in [0.4, 0.5) is 0 Å². The van der Waals surface area contributed by atoms with Crippen LogP contribution in [0, 0.1) is 12.8 Å². The SMILES string of the molecule is Cc1[nH]c2ccccc2c1CN1CCC(C(C)N2CCN(C)CC2)CC1. The molecule has 3 heterocycles. The van der Waals surface area contributed by atoms with E-state index in [0.717, 1.165) is 18.5 Å². The summed E-state index contributed by atoms with van der Waals surface area (Å²) in [5, 5.41) is 1.40. The van der Waals surface area contributed by atoms with Crippen LogP contribution in [0.2, 0.25) is 0 Å². The van der Waals surface area contributed by atoms with Crippen LogP contribution in [0.5, 0.6) is 0 Å². The lowest BCUT2D eigenvalue weighted by atomic mass is 9.89. The smallest absolute Gasteiger partial charge is 0.0459 e. The van der Waals surface area contributed by atoms with Crippen molar-refractivity contribution in [1.29, 1.82) is 0 Å². The number of benzene rings is 1. The van der Waals surface area contributed by atoms with Gasteiger partial charge in [0.25, 0.3) is 0 Å². The highest BCUT2D eigenvalue weighted by Gasteiger charge is 2.29. The molecule has 1 aromatic heterocycles. The number of hydrogen-bond acceptors (Lipinski definition) is 3. The van der Waals surface area contributed by atoms with Crippen molar-refractivity contribution in [3.63, 3.8) is 0 Å². The number of likely N-dealkylation sites (tertiary alicyclic amines) is 1. The summed E-state index contributed by atoms with van der Waals surface area (Å²) < 4.78 is 0. The van der Waals surface area contributed by atoms with E-state index in [1.54, 1.807) is 0 Å². The molecule has 0 spiro atoms. The fraction of sp³-hybridized carbons (Fsp3) is 0.636. The third-order valence-corrected chi connectivity index (χ3v) is 6.84. The maximum Gasteiger partial charge on any atom is 0.0459 e. The van der Waals surface area contributed by atoms with Gasteiger partial charge in [0.1, 0.15) is 0 Å². The van der Waals surface area contributed by atoms with Crippen molar-refractivity contribution in [3.05, 3.63) is 35.5 Å². The van der Waals surface area contributed by atoms with Gasteiger partial charge in [-0.1, -0.05) is 18.2 Å². The highest BCUT2D eigenvalue weighted by Crippen LogP contribution is 2.28. The summed E-state index contributed by atoms with van der Waals surface area (Å²) in [7, 11) is 2.24. The first kappa shape index (κ1) is 18.0. The first-order chi connectivity index (χ1) is 12.6. The zero-order valence-electron chi connectivity index (χ0n) is 16.7. The minimum atomic E-state index is 0.737. The molecule has 1 aromatic carbocycles. The van der Waals surface area contributed by atoms with Crippen LogP contribution < -0.4 is 0 Å². The first-order valence-corrected chi connectivity index (χ1v) is 10.3. The Bertz CT molecular complexity index is 721. The standard InChI is InChI=1S/C22H34N4/c1-17-21(20-6-4-5-7-22(20)23-17)16-25-10-8-19(9-11-25)18(2)26-14-12-24(3)13-15-26/h4-7,18-19,23H,8-16H2,1-3H3. The number of piperidine rings is 1. The molecule has 0 bridgehead atoms. The van der Waals surface area contributed by atoms with E-state index in [1.807, 2.05) is 0 Å². The zero-order valence-corrected chi connectivity index (χ0v) is 16.7. The van der Waals surface area contributed by atoms with Gasteiger partial charge in [-0.25, -0.2) is 0 Å². The Morgan fingerprint density at radius 1 is 1.04 bits per heavy atom. The summed E-state index contributed by atoms with van der Waals surface area (Å²) in [6.45, 7) is 13.2. The van der Waals surface area contributed by atoms with Crippen molar-refractivity contribution in [1.82, 2.24) is 19.7 Å². The predicted molar refractivity (Wildman–Crippen MR) is 110 cm³/mol. The zero-order chi connectivity index (χ0) is 18.1. The average molecular weight is 355 g/mol. The predicted octanol–water partition coefficient (Wildman–Crippen LogP) is 3.32. The maximum atomic E-state index is 3.55. The van der Waals surface area contributed by atoms with E-state index in [9.17, 15) is 0 Å². The number of aryl methyl sites for hydroxylation is 1. The molecule has 26 heavy (non-hydrogen) atoms. The second-order valence-electron chi connectivity index (χ2n) is 8.47. The number of fused-ring (bicyclic) bond motifs is 1. The molecule has 2 aliphatic rings. The summed E-state index contributed by atoms with van der Waals surface area (Å²) in [6, 6.07) is 9.46. The Kier molecular flexibility index (Phi) is 5.35. The molecular formula is C22H34N4. The molecule has 1 unspecified atom stereocenters. The van der Waals surface area contributed by atoms with E-state index in [1.165, 1.54) is 74.3 Å². The Morgan fingerprint density at radius 2 is 1.73 bits per heavy atom. The van der Waals surface area contributed by atoms with Crippen LogP contribution in [-0.4, -0.2) is 72.0 Å². The van der Waals surface area contributed by atoms with Crippen LogP contribution in [0.25, 0.3) is 10.9 Å². The molecule has 2 aliphatic heterocycles. The minimum absolute atomic E-state index is 0.737. The molecule has 1 N–H and O–H groups in total. The van der Waals surface area contributed by atoms with Gasteiger partial charge in [-0.3, -0.25) is 9.80 Å². The monoisotopic (exact) mass is 354 g/mol. The van der Waals surface area contributed by atoms with Crippen molar-refractivity contribution < 1.29 is 0 Å². The Hall–Kier alpha value is -1.36. The third-order valence-electron chi connectivity index (χ3n) is 6.84. The van der Waals surface area contributed by atoms with Gasteiger partial charge in [-0.2, -0.15) is 0 Å². The van der Waals surface area contributed by atoms with Gasteiger partial charge in [0.05, 0.1) is 0 Å². The summed E-state index contributed by atoms with van der Waals surface area (Å²) in [6.07, 6.45) is 2.68. The molecule has 4 rings (SSSR count). The van der Waals surface area contributed by atoms with Crippen molar-refractivity contribution in [2.24, 2.45) is 5.92 Å². The number of piperazine rings is 1. The molecule has 0 saturated carbocycles. The maximum absolute atomic E-state index is 3.55. The van der Waals surface area contributed by atoms with Gasteiger partial charge in [-0.15, -0.1) is 0 Å². The number of aromatic amines is 1. The Labute approximate surface area is 158 Å². The minimum Gasteiger partial charge on any atom is -0.358 e. The number of para-hydroxylation sites is 1. The number of nitrogens with zero attached hydrogens (tertiary/aromatic N) is 3. The second-order valence-corrected chi connectivity index (χ2v) is 8.47. The number of likely N-dealkylation sites (N-methyl/N-ethyl adjacent to an activating group) is 1. The molecule has 0 radical (unpaired) electrons. The fourth-order valence-electron chi connectivity index (χ4n) is 4.88. The summed E-state index contributed by atoms with van der Waals surface area (Å²) >= 11 is 0. The van der Waals surface area contributed by atoms with Crippen molar-refractivity contribution in [2.75, 3.05) is 46.3 Å². The molecule has 0 aliphatic carbocycles. The second kappa shape index (κ2) is 7.71. The summed E-state index contributed by atoms with van der Waals surface area (Å²) in [5.41, 5.74) is 4.10. The van der Waals surface area contributed by atoms with Crippen LogP contribution in [-0.2, 0) is 6.54 Å². The number of rotatable bonds is 4. The molecule has 2 saturated heterocycles. The van der Waals surface area contributed by atoms with Gasteiger partial charge in [0, 0.05) is 55.4 Å². The molecule has 0 amide bonds. The number of aromatic nitrogens is 1. The van der Waals surface area contributed by atoms with E-state index in [4.69, 9.17) is 0 Å². The third kappa shape index (κ3) is 3.68. The normalized spacial score (nSPS) is 22.9. The Balaban J connectivity index is 1.34. The topological polar surface area (TPSA) is 25.5 Å². The van der Waals surface area contributed by atoms with E-state index >= 15 is 0 Å². The van der Waals surface area contributed by atoms with E-state index < -0.39 is 0 Å². The number of H-pyrrole nitrogens is 1. The molecule has 2 aromatic rings. The molecule has 2 fully saturated rings. The van der Waals surface area contributed by atoms with E-state index in [2.05, 4.69) is 64.8 Å². The molecule has 4 nitrogen and oxygen atoms in total. The van der Waals surface area contributed by atoms with Gasteiger partial charge >= 0.3 is 0 Å². The lowest BCUT2D eigenvalue weighted by Gasteiger charge is -2.42. The highest BCUT2D eigenvalue weighted by molar-refractivity contribution is 5.84. The molecule has 1 atom stereocenters. The van der Waals surface area contributed by atoms with Crippen LogP contribution >= 0.6 is 0 Å². The average Bonchev–Trinajstić information content (AvgIpc) is 2.98. The lowest BCUT2D eigenvalue weighted by Crippen LogP contribution is -2.51. The van der Waals surface area contributed by atoms with Gasteiger partial charge in [0.2, 0.25) is 0 Å². The van der Waals surface area contributed by atoms with Crippen LogP contribution in [0.3, 0.4) is 0 Å². The molecule has 4 heteroatoms.